The van der Waals surface area contributed by atoms with Gasteiger partial charge in [0.25, 0.3) is 0 Å². The highest BCUT2D eigenvalue weighted by atomic mass is 16.4. The van der Waals surface area contributed by atoms with E-state index in [4.69, 9.17) is 5.11 Å². The fraction of sp³-hybridized carbons (Fsp3) is 0.100. The highest BCUT2D eigenvalue weighted by Crippen LogP contribution is 2.16. The minimum Gasteiger partial charge on any atom is -0.508 e. The molecular weight excluding hydrogens is 196 g/mol. The number of carbonyl (C=O) groups is 1. The van der Waals surface area contributed by atoms with Crippen molar-refractivity contribution in [3.63, 3.8) is 0 Å². The van der Waals surface area contributed by atoms with Crippen LogP contribution in [0.5, 0.6) is 5.75 Å². The number of hydrogen-bond donors (Lipinski definition) is 2. The van der Waals surface area contributed by atoms with E-state index < -0.39 is 5.97 Å². The van der Waals surface area contributed by atoms with Crippen molar-refractivity contribution in [2.75, 3.05) is 0 Å². The molecule has 2 N–H and O–H groups in total. The summed E-state index contributed by atoms with van der Waals surface area (Å²) < 4.78 is 0. The first-order valence-corrected chi connectivity index (χ1v) is 4.33. The minimum atomic E-state index is -1.06. The number of phenols is 1. The molecule has 0 amide bonds. The van der Waals surface area contributed by atoms with E-state index >= 15 is 0 Å². The number of aliphatic carboxylic acids is 1. The lowest BCUT2D eigenvalue weighted by atomic mass is 10.1. The van der Waals surface area contributed by atoms with Crippen molar-refractivity contribution in [3.05, 3.63) is 29.8 Å². The van der Waals surface area contributed by atoms with E-state index in [9.17, 15) is 9.90 Å². The Morgan fingerprint density at radius 3 is 2.73 bits per heavy atom. The van der Waals surface area contributed by atoms with Crippen LogP contribution in [0.4, 0.5) is 0 Å². The molecule has 0 radical (unpaired) electrons. The molecule has 5 heteroatoms. The molecular formula is C10H8N2O3. The SMILES string of the molecule is O=C(O)C1=NN=C(c2cccc(O)c2)C1. The fourth-order valence-corrected chi connectivity index (χ4v) is 1.31. The summed E-state index contributed by atoms with van der Waals surface area (Å²) in [5.74, 6) is -0.937. The van der Waals surface area contributed by atoms with Crippen molar-refractivity contribution < 1.29 is 15.0 Å². The van der Waals surface area contributed by atoms with E-state index in [1.54, 1.807) is 12.1 Å². The first-order chi connectivity index (χ1) is 7.16. The van der Waals surface area contributed by atoms with Crippen LogP contribution in [0, 0.1) is 0 Å². The summed E-state index contributed by atoms with van der Waals surface area (Å²) in [4.78, 5) is 10.6. The van der Waals surface area contributed by atoms with Gasteiger partial charge in [0, 0.05) is 12.0 Å². The van der Waals surface area contributed by atoms with E-state index in [0.29, 0.717) is 11.3 Å². The number of rotatable bonds is 2. The maximum absolute atomic E-state index is 10.6. The van der Waals surface area contributed by atoms with E-state index in [1.807, 2.05) is 0 Å². The Morgan fingerprint density at radius 1 is 1.33 bits per heavy atom. The molecule has 0 bridgehead atoms. The number of carboxylic acids is 1. The Morgan fingerprint density at radius 2 is 2.13 bits per heavy atom. The van der Waals surface area contributed by atoms with Gasteiger partial charge in [0.05, 0.1) is 5.71 Å². The molecule has 1 aliphatic heterocycles. The molecule has 0 aliphatic carbocycles. The summed E-state index contributed by atoms with van der Waals surface area (Å²) in [5.41, 5.74) is 1.27. The van der Waals surface area contributed by atoms with Crippen LogP contribution in [0.15, 0.2) is 34.5 Å². The van der Waals surface area contributed by atoms with Crippen molar-refractivity contribution in [1.82, 2.24) is 0 Å². The Balaban J connectivity index is 2.21. The molecule has 5 nitrogen and oxygen atoms in total. The Kier molecular flexibility index (Phi) is 2.21. The zero-order valence-corrected chi connectivity index (χ0v) is 7.71. The van der Waals surface area contributed by atoms with Crippen LogP contribution in [0.2, 0.25) is 0 Å². The molecule has 0 saturated heterocycles. The number of phenolic OH excluding ortho intramolecular Hbond substituents is 1. The summed E-state index contributed by atoms with van der Waals surface area (Å²) in [6.45, 7) is 0. The molecule has 1 aromatic carbocycles. The Labute approximate surface area is 85.4 Å². The maximum Gasteiger partial charge on any atom is 0.352 e. The molecule has 0 aromatic heterocycles. The standard InChI is InChI=1S/C10H8N2O3/c13-7-3-1-2-6(4-7)8-5-9(10(14)15)12-11-8/h1-4,13H,5H2,(H,14,15). The van der Waals surface area contributed by atoms with Crippen LogP contribution in [0.25, 0.3) is 0 Å². The third-order valence-electron chi connectivity index (χ3n) is 2.05. The lowest BCUT2D eigenvalue weighted by molar-refractivity contribution is -0.129. The lowest BCUT2D eigenvalue weighted by Crippen LogP contribution is -2.13. The number of hydrogen-bond acceptors (Lipinski definition) is 4. The monoisotopic (exact) mass is 204 g/mol. The summed E-state index contributed by atoms with van der Waals surface area (Å²) in [6.07, 6.45) is 0.193. The van der Waals surface area contributed by atoms with E-state index in [-0.39, 0.29) is 17.9 Å². The zero-order valence-electron chi connectivity index (χ0n) is 7.71. The van der Waals surface area contributed by atoms with Gasteiger partial charge in [0.2, 0.25) is 0 Å². The lowest BCUT2D eigenvalue weighted by Gasteiger charge is -1.99. The summed E-state index contributed by atoms with van der Waals surface area (Å²) >= 11 is 0. The second-order valence-corrected chi connectivity index (χ2v) is 3.13. The average molecular weight is 204 g/mol. The number of benzene rings is 1. The van der Waals surface area contributed by atoms with Crippen molar-refractivity contribution in [2.45, 2.75) is 6.42 Å². The van der Waals surface area contributed by atoms with Gasteiger partial charge >= 0.3 is 5.97 Å². The van der Waals surface area contributed by atoms with E-state index in [1.165, 1.54) is 12.1 Å². The van der Waals surface area contributed by atoms with Crippen molar-refractivity contribution in [2.24, 2.45) is 10.2 Å². The topological polar surface area (TPSA) is 82.2 Å². The molecule has 76 valence electrons. The van der Waals surface area contributed by atoms with E-state index in [2.05, 4.69) is 10.2 Å². The first-order valence-electron chi connectivity index (χ1n) is 4.33. The Hall–Kier alpha value is -2.17. The van der Waals surface area contributed by atoms with Gasteiger partial charge in [0.15, 0.2) is 5.71 Å². The van der Waals surface area contributed by atoms with Crippen LogP contribution < -0.4 is 0 Å². The summed E-state index contributed by atoms with van der Waals surface area (Å²) in [5, 5.41) is 25.2. The van der Waals surface area contributed by atoms with Crippen LogP contribution in [-0.4, -0.2) is 27.6 Å². The predicted molar refractivity (Wildman–Crippen MR) is 54.3 cm³/mol. The number of carboxylic acid groups (broad SMARTS) is 1. The molecule has 0 spiro atoms. The maximum atomic E-state index is 10.6. The number of aromatic hydroxyl groups is 1. The van der Waals surface area contributed by atoms with Crippen molar-refractivity contribution in [3.8, 4) is 5.75 Å². The van der Waals surface area contributed by atoms with Gasteiger partial charge in [-0.05, 0) is 12.1 Å². The van der Waals surface area contributed by atoms with Crippen molar-refractivity contribution in [1.29, 1.82) is 0 Å². The average Bonchev–Trinajstić information content (AvgIpc) is 2.66. The Bertz CT molecular complexity index is 477. The summed E-state index contributed by atoms with van der Waals surface area (Å²) in [7, 11) is 0. The third-order valence-corrected chi connectivity index (χ3v) is 2.05. The van der Waals surface area contributed by atoms with E-state index in [0.717, 1.165) is 0 Å². The van der Waals surface area contributed by atoms with Gasteiger partial charge in [-0.3, -0.25) is 0 Å². The van der Waals surface area contributed by atoms with Gasteiger partial charge in [-0.2, -0.15) is 5.10 Å². The van der Waals surface area contributed by atoms with Crippen LogP contribution >= 0.6 is 0 Å². The smallest absolute Gasteiger partial charge is 0.352 e. The zero-order chi connectivity index (χ0) is 10.8. The van der Waals surface area contributed by atoms with Gasteiger partial charge in [-0.1, -0.05) is 12.1 Å². The third kappa shape index (κ3) is 1.85. The molecule has 2 rings (SSSR count). The van der Waals surface area contributed by atoms with Gasteiger partial charge in [0.1, 0.15) is 5.75 Å². The second-order valence-electron chi connectivity index (χ2n) is 3.13. The molecule has 1 heterocycles. The minimum absolute atomic E-state index is 0.0216. The predicted octanol–water partition coefficient (Wildman–Crippen LogP) is 1.03. The number of nitrogens with zero attached hydrogens (tertiary/aromatic N) is 2. The normalized spacial score (nSPS) is 14.7. The largest absolute Gasteiger partial charge is 0.508 e. The molecule has 1 aromatic rings. The molecule has 15 heavy (non-hydrogen) atoms. The van der Waals surface area contributed by atoms with Crippen LogP contribution in [0.1, 0.15) is 12.0 Å². The molecule has 0 fully saturated rings. The van der Waals surface area contributed by atoms with Gasteiger partial charge < -0.3 is 10.2 Å². The fourth-order valence-electron chi connectivity index (χ4n) is 1.31. The van der Waals surface area contributed by atoms with Crippen LogP contribution in [0.3, 0.4) is 0 Å². The van der Waals surface area contributed by atoms with Crippen LogP contribution in [-0.2, 0) is 4.79 Å². The molecule has 0 saturated carbocycles. The molecule has 0 atom stereocenters. The molecule has 1 aliphatic rings. The highest BCUT2D eigenvalue weighted by Gasteiger charge is 2.19. The first kappa shape index (κ1) is 9.39. The highest BCUT2D eigenvalue weighted by molar-refractivity contribution is 6.41. The second kappa shape index (κ2) is 3.53. The quantitative estimate of drug-likeness (QED) is 0.754. The molecule has 0 unspecified atom stereocenters. The van der Waals surface area contributed by atoms with Gasteiger partial charge in [-0.25, -0.2) is 4.79 Å². The van der Waals surface area contributed by atoms with Gasteiger partial charge in [-0.15, -0.1) is 5.10 Å². The van der Waals surface area contributed by atoms with Crippen molar-refractivity contribution >= 4 is 17.4 Å². The summed E-state index contributed by atoms with van der Waals surface area (Å²) in [6, 6.07) is 6.49.